The van der Waals surface area contributed by atoms with Gasteiger partial charge in [-0.2, -0.15) is 5.26 Å². The van der Waals surface area contributed by atoms with Gasteiger partial charge in [-0.25, -0.2) is 4.98 Å². The van der Waals surface area contributed by atoms with Crippen LogP contribution in [0.3, 0.4) is 0 Å². The molecule has 0 saturated carbocycles. The Morgan fingerprint density at radius 1 is 1.15 bits per heavy atom. The zero-order chi connectivity index (χ0) is 24.0. The molecule has 0 saturated heterocycles. The van der Waals surface area contributed by atoms with Gasteiger partial charge in [0.05, 0.1) is 11.0 Å². The standard InChI is InChI=1S/C24H16N6O3S/c1-12-7-9-14(10-8-12)30-19(24(32)33-29-30)20(31)21-18(26)17-16(13-5-3-2-4-6-13)15(11-25)22(27)28-23(17)34-21/h2-10H,1H3,(H4-,26,27,28,29,31,32). The number of thiophene rings is 1. The van der Waals surface area contributed by atoms with Crippen molar-refractivity contribution in [2.45, 2.75) is 6.92 Å². The van der Waals surface area contributed by atoms with Crippen LogP contribution in [0, 0.1) is 18.3 Å². The molecule has 0 aliphatic carbocycles. The van der Waals surface area contributed by atoms with E-state index >= 15 is 0 Å². The smallest absolute Gasteiger partial charge is 0.312 e. The van der Waals surface area contributed by atoms with Crippen LogP contribution in [0.4, 0.5) is 11.5 Å². The Balaban J connectivity index is 1.74. The Morgan fingerprint density at radius 2 is 1.85 bits per heavy atom. The summed E-state index contributed by atoms with van der Waals surface area (Å²) >= 11 is 0.991. The number of carbonyl (C=O) groups excluding carboxylic acids is 1. The van der Waals surface area contributed by atoms with E-state index in [0.29, 0.717) is 27.0 Å². The van der Waals surface area contributed by atoms with Gasteiger partial charge in [0, 0.05) is 23.1 Å². The van der Waals surface area contributed by atoms with Crippen LogP contribution >= 0.6 is 11.3 Å². The Labute approximate surface area is 197 Å². The van der Waals surface area contributed by atoms with E-state index in [4.69, 9.17) is 16.0 Å². The molecule has 0 spiro atoms. The lowest BCUT2D eigenvalue weighted by Gasteiger charge is -2.09. The van der Waals surface area contributed by atoms with Gasteiger partial charge in [0.25, 0.3) is 5.78 Å². The van der Waals surface area contributed by atoms with Crippen LogP contribution in [-0.4, -0.2) is 16.0 Å². The number of aromatic nitrogens is 3. The number of carbonyl (C=O) groups is 1. The summed E-state index contributed by atoms with van der Waals surface area (Å²) in [7, 11) is 0. The topological polar surface area (TPSA) is 159 Å². The first-order chi connectivity index (χ1) is 16.4. The maximum absolute atomic E-state index is 13.6. The molecule has 5 rings (SSSR count). The van der Waals surface area contributed by atoms with Crippen LogP contribution in [0.1, 0.15) is 26.5 Å². The van der Waals surface area contributed by atoms with Crippen LogP contribution in [-0.2, 0) is 0 Å². The Morgan fingerprint density at radius 3 is 2.53 bits per heavy atom. The number of hydrogen-bond donors (Lipinski definition) is 2. The summed E-state index contributed by atoms with van der Waals surface area (Å²) in [6, 6.07) is 18.3. The molecule has 3 heterocycles. The fraction of sp³-hybridized carbons (Fsp3) is 0.0417. The second-order valence-corrected chi connectivity index (χ2v) is 8.53. The van der Waals surface area contributed by atoms with E-state index in [1.165, 1.54) is 0 Å². The molecule has 9 nitrogen and oxygen atoms in total. The van der Waals surface area contributed by atoms with Gasteiger partial charge >= 0.3 is 5.69 Å². The van der Waals surface area contributed by atoms with E-state index in [9.17, 15) is 15.2 Å². The molecule has 0 aliphatic heterocycles. The molecule has 0 radical (unpaired) electrons. The Kier molecular flexibility index (Phi) is 4.96. The minimum atomic E-state index is -0.893. The van der Waals surface area contributed by atoms with Crippen molar-refractivity contribution in [1.29, 1.82) is 5.26 Å². The summed E-state index contributed by atoms with van der Waals surface area (Å²) in [5.41, 5.74) is 15.2. The lowest BCUT2D eigenvalue weighted by molar-refractivity contribution is -0.672. The average molecular weight is 468 g/mol. The van der Waals surface area contributed by atoms with Gasteiger partial charge in [0.15, 0.2) is 5.95 Å². The quantitative estimate of drug-likeness (QED) is 0.301. The van der Waals surface area contributed by atoms with Gasteiger partial charge in [0.1, 0.15) is 27.2 Å². The first-order valence-corrected chi connectivity index (χ1v) is 10.9. The van der Waals surface area contributed by atoms with Crippen molar-refractivity contribution < 1.29 is 19.1 Å². The molecule has 2 aromatic carbocycles. The van der Waals surface area contributed by atoms with Crippen LogP contribution in [0.25, 0.3) is 27.0 Å². The van der Waals surface area contributed by atoms with Gasteiger partial charge in [-0.05, 0) is 17.2 Å². The van der Waals surface area contributed by atoms with E-state index in [-0.39, 0.29) is 27.6 Å². The zero-order valence-corrected chi connectivity index (χ0v) is 18.6. The highest BCUT2D eigenvalue weighted by Crippen LogP contribution is 2.43. The molecule has 0 aliphatic rings. The Bertz CT molecular complexity index is 1620. The number of rotatable bonds is 4. The van der Waals surface area contributed by atoms with Crippen LogP contribution in [0.15, 0.2) is 59.1 Å². The molecule has 0 amide bonds. The van der Waals surface area contributed by atoms with Crippen molar-refractivity contribution in [3.05, 3.63) is 76.3 Å². The summed E-state index contributed by atoms with van der Waals surface area (Å²) in [6.07, 6.45) is 0. The van der Waals surface area contributed by atoms with Gasteiger partial charge in [0.2, 0.25) is 5.69 Å². The monoisotopic (exact) mass is 468 g/mol. The van der Waals surface area contributed by atoms with Crippen molar-refractivity contribution in [3.63, 3.8) is 0 Å². The molecular weight excluding hydrogens is 452 g/mol. The fourth-order valence-electron chi connectivity index (χ4n) is 3.75. The van der Waals surface area contributed by atoms with Crippen LogP contribution in [0.2, 0.25) is 0 Å². The summed E-state index contributed by atoms with van der Waals surface area (Å²) < 4.78 is 5.95. The molecular formula is C24H16N6O3S. The lowest BCUT2D eigenvalue weighted by Crippen LogP contribution is -2.39. The highest BCUT2D eigenvalue weighted by molar-refractivity contribution is 7.21. The number of hydrogen-bond acceptors (Lipinski definition) is 9. The van der Waals surface area contributed by atoms with Crippen molar-refractivity contribution in [3.8, 4) is 28.8 Å². The molecule has 0 bridgehead atoms. The molecule has 34 heavy (non-hydrogen) atoms. The number of fused-ring (bicyclic) bond motifs is 1. The minimum absolute atomic E-state index is 0.0262. The van der Waals surface area contributed by atoms with Crippen LogP contribution < -0.4 is 21.3 Å². The molecule has 166 valence electrons. The number of nitrogens with zero attached hydrogens (tertiary/aromatic N) is 4. The summed E-state index contributed by atoms with van der Waals surface area (Å²) in [6.45, 7) is 1.92. The summed E-state index contributed by atoms with van der Waals surface area (Å²) in [5, 5.41) is 26.4. The third kappa shape index (κ3) is 3.23. The third-order valence-corrected chi connectivity index (χ3v) is 6.49. The predicted octanol–water partition coefficient (Wildman–Crippen LogP) is 2.88. The largest absolute Gasteiger partial charge is 0.539 e. The van der Waals surface area contributed by atoms with E-state index < -0.39 is 11.7 Å². The van der Waals surface area contributed by atoms with E-state index in [2.05, 4.69) is 16.3 Å². The predicted molar refractivity (Wildman–Crippen MR) is 124 cm³/mol. The molecule has 0 unspecified atom stereocenters. The Hall–Kier alpha value is -4.75. The molecule has 10 heteroatoms. The number of benzene rings is 2. The minimum Gasteiger partial charge on any atom is -0.539 e. The molecule has 0 atom stereocenters. The van der Waals surface area contributed by atoms with Gasteiger partial charge < -0.3 is 21.1 Å². The van der Waals surface area contributed by atoms with E-state index in [1.54, 1.807) is 12.1 Å². The van der Waals surface area contributed by atoms with Gasteiger partial charge in [-0.1, -0.05) is 48.0 Å². The lowest BCUT2D eigenvalue weighted by atomic mass is 9.97. The number of anilines is 2. The summed E-state index contributed by atoms with van der Waals surface area (Å²) in [5.74, 6) is -1.53. The summed E-state index contributed by atoms with van der Waals surface area (Å²) in [4.78, 5) is 18.3. The number of nitrogens with two attached hydrogens (primary N) is 2. The number of aryl methyl sites for hydroxylation is 1. The molecule has 0 fully saturated rings. The number of nitrogen functional groups attached to an aromatic ring is 2. The highest BCUT2D eigenvalue weighted by atomic mass is 32.1. The molecule has 3 aromatic heterocycles. The molecule has 4 N–H and O–H groups in total. The second-order valence-electron chi connectivity index (χ2n) is 7.54. The zero-order valence-electron chi connectivity index (χ0n) is 17.8. The average Bonchev–Trinajstić information content (AvgIpc) is 3.38. The first-order valence-electron chi connectivity index (χ1n) is 10.1. The molecule has 5 aromatic rings. The van der Waals surface area contributed by atoms with Crippen molar-refractivity contribution in [2.75, 3.05) is 11.5 Å². The highest BCUT2D eigenvalue weighted by Gasteiger charge is 2.33. The van der Waals surface area contributed by atoms with Gasteiger partial charge in [-0.3, -0.25) is 4.79 Å². The normalized spacial score (nSPS) is 10.9. The van der Waals surface area contributed by atoms with Crippen molar-refractivity contribution in [1.82, 2.24) is 10.3 Å². The number of ketones is 1. The maximum atomic E-state index is 13.6. The maximum Gasteiger partial charge on any atom is 0.312 e. The second kappa shape index (κ2) is 7.99. The van der Waals surface area contributed by atoms with Crippen molar-refractivity contribution in [2.24, 2.45) is 0 Å². The SMILES string of the molecule is Cc1ccc(-[n+]2noc([O-])c2C(=O)c2sc3nc(N)c(C#N)c(-c4ccccc4)c3c2N)cc1. The number of pyridine rings is 1. The number of nitriles is 1. The van der Waals surface area contributed by atoms with E-state index in [0.717, 1.165) is 21.6 Å². The third-order valence-electron chi connectivity index (χ3n) is 5.39. The van der Waals surface area contributed by atoms with E-state index in [1.807, 2.05) is 49.4 Å². The van der Waals surface area contributed by atoms with Crippen LogP contribution in [0.5, 0.6) is 5.95 Å². The first kappa shape index (κ1) is 21.1. The van der Waals surface area contributed by atoms with Crippen molar-refractivity contribution >= 4 is 38.8 Å². The van der Waals surface area contributed by atoms with Gasteiger partial charge in [-0.15, -0.1) is 11.3 Å². The fourth-order valence-corrected chi connectivity index (χ4v) is 4.81.